The van der Waals surface area contributed by atoms with E-state index in [1.807, 2.05) is 0 Å². The van der Waals surface area contributed by atoms with Crippen molar-refractivity contribution in [1.82, 2.24) is 5.32 Å². The number of hydrogen-bond donors (Lipinski definition) is 1. The number of amides is 1. The van der Waals surface area contributed by atoms with Crippen LogP contribution in [0.5, 0.6) is 0 Å². The zero-order valence-electron chi connectivity index (χ0n) is 10.6. The van der Waals surface area contributed by atoms with Gasteiger partial charge in [-0.15, -0.1) is 0 Å². The monoisotopic (exact) mass is 273 g/mol. The maximum atomic E-state index is 11.4. The summed E-state index contributed by atoms with van der Waals surface area (Å²) < 4.78 is 20.1. The van der Waals surface area contributed by atoms with E-state index in [0.717, 1.165) is 0 Å². The first-order valence-electron chi connectivity index (χ1n) is 5.96. The number of alkyl carbamates (subject to hydrolysis) is 1. The van der Waals surface area contributed by atoms with Crippen LogP contribution in [0, 0.1) is 0 Å². The van der Waals surface area contributed by atoms with Crippen LogP contribution in [0.2, 0.25) is 0 Å². The summed E-state index contributed by atoms with van der Waals surface area (Å²) in [6.07, 6.45) is -3.10. The molecular formula is C11H15NO7. The lowest BCUT2D eigenvalue weighted by Gasteiger charge is -2.21. The first-order valence-corrected chi connectivity index (χ1v) is 5.96. The van der Waals surface area contributed by atoms with E-state index in [1.54, 1.807) is 6.92 Å². The molecule has 0 radical (unpaired) electrons. The molecule has 2 saturated heterocycles. The number of fused-ring (bicyclic) bond motifs is 2. The topological polar surface area (TPSA) is 100 Å². The Kier molecular flexibility index (Phi) is 3.89. The van der Waals surface area contributed by atoms with Crippen LogP contribution in [0.3, 0.4) is 0 Å². The summed E-state index contributed by atoms with van der Waals surface area (Å²) in [5.74, 6) is -1.00. The molecule has 1 amide bonds. The van der Waals surface area contributed by atoms with Gasteiger partial charge in [0.1, 0.15) is 6.04 Å². The molecule has 0 saturated carbocycles. The molecule has 2 aliphatic heterocycles. The van der Waals surface area contributed by atoms with E-state index in [9.17, 15) is 14.4 Å². The second-order valence-electron chi connectivity index (χ2n) is 4.20. The van der Waals surface area contributed by atoms with Gasteiger partial charge in [-0.3, -0.25) is 9.59 Å². The highest BCUT2D eigenvalue weighted by Crippen LogP contribution is 2.31. The fraction of sp³-hybridized carbons (Fsp3) is 0.727. The second kappa shape index (κ2) is 5.43. The number of carbonyl (C=O) groups is 3. The highest BCUT2D eigenvalue weighted by Gasteiger charge is 2.53. The van der Waals surface area contributed by atoms with Gasteiger partial charge < -0.3 is 24.3 Å². The highest BCUT2D eigenvalue weighted by atomic mass is 16.7. The summed E-state index contributed by atoms with van der Waals surface area (Å²) in [4.78, 5) is 33.8. The van der Waals surface area contributed by atoms with Crippen molar-refractivity contribution in [3.63, 3.8) is 0 Å². The third-order valence-electron chi connectivity index (χ3n) is 2.81. The van der Waals surface area contributed by atoms with Crippen LogP contribution >= 0.6 is 0 Å². The van der Waals surface area contributed by atoms with Gasteiger partial charge in [0.25, 0.3) is 0 Å². The van der Waals surface area contributed by atoms with Crippen molar-refractivity contribution >= 4 is 18.0 Å². The molecule has 1 N–H and O–H groups in total. The Balaban J connectivity index is 2.10. The van der Waals surface area contributed by atoms with Crippen LogP contribution in [0.25, 0.3) is 0 Å². The Bertz CT molecular complexity index is 397. The minimum Gasteiger partial charge on any atom is -0.454 e. The Morgan fingerprint density at radius 2 is 2.21 bits per heavy atom. The van der Waals surface area contributed by atoms with Crippen molar-refractivity contribution in [3.05, 3.63) is 0 Å². The number of carbonyl (C=O) groups excluding carboxylic acids is 3. The summed E-state index contributed by atoms with van der Waals surface area (Å²) in [7, 11) is 0. The molecule has 2 bridgehead atoms. The van der Waals surface area contributed by atoms with Crippen LogP contribution in [0.15, 0.2) is 0 Å². The summed E-state index contributed by atoms with van der Waals surface area (Å²) >= 11 is 0. The van der Waals surface area contributed by atoms with E-state index in [-0.39, 0.29) is 13.0 Å². The number of hydrogen-bond acceptors (Lipinski definition) is 7. The smallest absolute Gasteiger partial charge is 0.407 e. The Hall–Kier alpha value is -1.83. The molecule has 0 aromatic heterocycles. The predicted molar refractivity (Wildman–Crippen MR) is 58.9 cm³/mol. The van der Waals surface area contributed by atoms with Crippen LogP contribution in [-0.4, -0.2) is 49.2 Å². The van der Waals surface area contributed by atoms with Gasteiger partial charge >= 0.3 is 18.0 Å². The first-order chi connectivity index (χ1) is 9.01. The van der Waals surface area contributed by atoms with Crippen LogP contribution in [0.4, 0.5) is 4.79 Å². The zero-order valence-corrected chi connectivity index (χ0v) is 10.6. The molecular weight excluding hydrogens is 258 g/mol. The molecule has 0 aromatic rings. The molecule has 2 heterocycles. The number of rotatable bonds is 3. The SMILES string of the molecule is CCOC(=O)N[C@H]1[C@@H](OC(C)=O)[C@@H]2OC(=O)C[C@H]1O2. The molecule has 4 atom stereocenters. The van der Waals surface area contributed by atoms with E-state index in [0.29, 0.717) is 0 Å². The maximum Gasteiger partial charge on any atom is 0.407 e. The van der Waals surface area contributed by atoms with E-state index >= 15 is 0 Å². The lowest BCUT2D eigenvalue weighted by Crippen LogP contribution is -2.48. The fourth-order valence-corrected chi connectivity index (χ4v) is 2.13. The number of nitrogens with one attached hydrogen (secondary N) is 1. The summed E-state index contributed by atoms with van der Waals surface area (Å²) in [6, 6.07) is -0.667. The quantitative estimate of drug-likeness (QED) is 0.556. The van der Waals surface area contributed by atoms with E-state index in [4.69, 9.17) is 18.9 Å². The van der Waals surface area contributed by atoms with Gasteiger partial charge in [-0.1, -0.05) is 0 Å². The number of esters is 2. The average molecular weight is 273 g/mol. The van der Waals surface area contributed by atoms with Gasteiger partial charge in [0.15, 0.2) is 6.10 Å². The van der Waals surface area contributed by atoms with Crippen LogP contribution < -0.4 is 5.32 Å². The molecule has 0 aliphatic carbocycles. The zero-order chi connectivity index (χ0) is 14.0. The predicted octanol–water partition coefficient (Wildman–Crippen LogP) is -0.295. The molecule has 2 aliphatic rings. The Morgan fingerprint density at radius 1 is 1.47 bits per heavy atom. The van der Waals surface area contributed by atoms with Crippen molar-refractivity contribution < 1.29 is 33.3 Å². The van der Waals surface area contributed by atoms with Crippen molar-refractivity contribution in [2.75, 3.05) is 6.61 Å². The maximum absolute atomic E-state index is 11.4. The molecule has 0 unspecified atom stereocenters. The van der Waals surface area contributed by atoms with Gasteiger partial charge in [0.2, 0.25) is 6.29 Å². The van der Waals surface area contributed by atoms with Gasteiger partial charge in [-0.2, -0.15) is 0 Å². The highest BCUT2D eigenvalue weighted by molar-refractivity contribution is 5.73. The molecule has 8 nitrogen and oxygen atoms in total. The standard InChI is InChI=1S/C11H15NO7/c1-3-16-11(15)12-8-6-4-7(14)19-10(18-6)9(8)17-5(2)13/h6,8-10H,3-4H2,1-2H3,(H,12,15)/t6-,8-,9-,10+/m1/s1. The van der Waals surface area contributed by atoms with Gasteiger partial charge in [0.05, 0.1) is 19.1 Å². The van der Waals surface area contributed by atoms with Crippen LogP contribution in [-0.2, 0) is 28.5 Å². The van der Waals surface area contributed by atoms with E-state index in [2.05, 4.69) is 5.32 Å². The number of ether oxygens (including phenoxy) is 4. The second-order valence-corrected chi connectivity index (χ2v) is 4.20. The molecule has 19 heavy (non-hydrogen) atoms. The average Bonchev–Trinajstić information content (AvgIpc) is 2.53. The molecule has 0 spiro atoms. The van der Waals surface area contributed by atoms with Crippen molar-refractivity contribution in [2.24, 2.45) is 0 Å². The molecule has 2 fully saturated rings. The molecule has 0 aromatic carbocycles. The summed E-state index contributed by atoms with van der Waals surface area (Å²) in [5.41, 5.74) is 0. The Labute approximate surface area is 109 Å². The fourth-order valence-electron chi connectivity index (χ4n) is 2.13. The normalized spacial score (nSPS) is 32.4. The lowest BCUT2D eigenvalue weighted by atomic mass is 10.1. The van der Waals surface area contributed by atoms with E-state index in [1.165, 1.54) is 6.92 Å². The van der Waals surface area contributed by atoms with Gasteiger partial charge in [0, 0.05) is 6.92 Å². The minimum atomic E-state index is -0.984. The van der Waals surface area contributed by atoms with Crippen molar-refractivity contribution in [2.45, 2.75) is 44.8 Å². The molecule has 8 heteroatoms. The molecule has 2 rings (SSSR count). The lowest BCUT2D eigenvalue weighted by molar-refractivity contribution is -0.211. The first kappa shape index (κ1) is 13.6. The van der Waals surface area contributed by atoms with Crippen molar-refractivity contribution in [1.29, 1.82) is 0 Å². The van der Waals surface area contributed by atoms with Gasteiger partial charge in [-0.25, -0.2) is 4.79 Å². The Morgan fingerprint density at radius 3 is 2.84 bits per heavy atom. The third-order valence-corrected chi connectivity index (χ3v) is 2.81. The summed E-state index contributed by atoms with van der Waals surface area (Å²) in [5, 5.41) is 2.53. The largest absolute Gasteiger partial charge is 0.454 e. The summed E-state index contributed by atoms with van der Waals surface area (Å²) in [6.45, 7) is 3.10. The van der Waals surface area contributed by atoms with E-state index < -0.39 is 42.6 Å². The van der Waals surface area contributed by atoms with Gasteiger partial charge in [-0.05, 0) is 6.92 Å². The van der Waals surface area contributed by atoms with Crippen LogP contribution in [0.1, 0.15) is 20.3 Å². The third kappa shape index (κ3) is 2.95. The molecule has 106 valence electrons. The van der Waals surface area contributed by atoms with Crippen molar-refractivity contribution in [3.8, 4) is 0 Å². The minimum absolute atomic E-state index is 0.00859.